The number of benzene rings is 1. The Morgan fingerprint density at radius 2 is 2.15 bits per heavy atom. The van der Waals surface area contributed by atoms with Gasteiger partial charge in [-0.15, -0.1) is 0 Å². The fourth-order valence-corrected chi connectivity index (χ4v) is 3.41. The van der Waals surface area contributed by atoms with E-state index < -0.39 is 0 Å². The van der Waals surface area contributed by atoms with Gasteiger partial charge in [0.25, 0.3) is 0 Å². The van der Waals surface area contributed by atoms with Crippen LogP contribution < -0.4 is 4.74 Å². The topological polar surface area (TPSA) is 32.7 Å². The number of nitrogens with zero attached hydrogens (tertiary/aromatic N) is 1. The monoisotopic (exact) mass is 341 g/mol. The minimum atomic E-state index is 0.179. The smallest absolute Gasteiger partial charge is 0.172 e. The van der Waals surface area contributed by atoms with Crippen molar-refractivity contribution >= 4 is 15.9 Å². The number of likely N-dealkylation sites (tertiary alicyclic amines) is 1. The Morgan fingerprint density at radius 3 is 2.85 bits per heavy atom. The van der Waals surface area contributed by atoms with Gasteiger partial charge in [-0.05, 0) is 71.9 Å². The molecule has 3 nitrogen and oxygen atoms in total. The molecule has 0 aliphatic carbocycles. The van der Waals surface area contributed by atoms with Gasteiger partial charge in [0.05, 0.1) is 11.6 Å². The van der Waals surface area contributed by atoms with Gasteiger partial charge in [-0.2, -0.15) is 0 Å². The number of hydrogen-bond donors (Lipinski definition) is 1. The van der Waals surface area contributed by atoms with Crippen LogP contribution in [0.2, 0.25) is 0 Å². The minimum Gasteiger partial charge on any atom is -0.503 e. The van der Waals surface area contributed by atoms with Crippen LogP contribution in [0.1, 0.15) is 38.2 Å². The maximum absolute atomic E-state index is 9.85. The molecule has 0 bridgehead atoms. The number of aromatic hydroxyl groups is 1. The van der Waals surface area contributed by atoms with Gasteiger partial charge in [0.1, 0.15) is 0 Å². The molecule has 1 unspecified atom stereocenters. The molecule has 0 amide bonds. The number of methoxy groups -OCH3 is 1. The van der Waals surface area contributed by atoms with Crippen molar-refractivity contribution in [3.63, 3.8) is 0 Å². The third-order valence-electron chi connectivity index (χ3n) is 4.23. The predicted octanol–water partition coefficient (Wildman–Crippen LogP) is 4.18. The van der Waals surface area contributed by atoms with E-state index in [4.69, 9.17) is 4.74 Å². The summed E-state index contributed by atoms with van der Waals surface area (Å²) in [4.78, 5) is 2.51. The van der Waals surface area contributed by atoms with E-state index in [-0.39, 0.29) is 5.75 Å². The number of hydrogen-bond acceptors (Lipinski definition) is 3. The maximum Gasteiger partial charge on any atom is 0.172 e. The SMILES string of the molecule is CCC1CCCN(Cc2cc(Br)c(O)c(OC)c2)CC1. The van der Waals surface area contributed by atoms with Crippen LogP contribution in [0.15, 0.2) is 16.6 Å². The molecule has 112 valence electrons. The third-order valence-corrected chi connectivity index (χ3v) is 4.84. The van der Waals surface area contributed by atoms with Crippen molar-refractivity contribution in [3.05, 3.63) is 22.2 Å². The van der Waals surface area contributed by atoms with Crippen molar-refractivity contribution in [3.8, 4) is 11.5 Å². The third kappa shape index (κ3) is 3.89. The van der Waals surface area contributed by atoms with E-state index in [1.54, 1.807) is 7.11 Å². The lowest BCUT2D eigenvalue weighted by atomic mass is 9.98. The number of phenolic OH excluding ortho intramolecular Hbond substituents is 1. The molecule has 1 atom stereocenters. The first-order valence-corrected chi connectivity index (χ1v) is 8.21. The summed E-state index contributed by atoms with van der Waals surface area (Å²) >= 11 is 3.39. The summed E-state index contributed by atoms with van der Waals surface area (Å²) in [6.45, 7) is 5.55. The van der Waals surface area contributed by atoms with Crippen molar-refractivity contribution in [2.24, 2.45) is 5.92 Å². The largest absolute Gasteiger partial charge is 0.503 e. The van der Waals surface area contributed by atoms with Crippen LogP contribution in [0.3, 0.4) is 0 Å². The van der Waals surface area contributed by atoms with Gasteiger partial charge in [-0.3, -0.25) is 4.90 Å². The van der Waals surface area contributed by atoms with E-state index in [2.05, 4.69) is 27.8 Å². The Morgan fingerprint density at radius 1 is 1.35 bits per heavy atom. The number of phenols is 1. The van der Waals surface area contributed by atoms with Crippen LogP contribution >= 0.6 is 15.9 Å². The van der Waals surface area contributed by atoms with Gasteiger partial charge < -0.3 is 9.84 Å². The summed E-state index contributed by atoms with van der Waals surface area (Å²) in [6.07, 6.45) is 5.24. The molecule has 1 saturated heterocycles. The van der Waals surface area contributed by atoms with Crippen molar-refractivity contribution in [1.82, 2.24) is 4.90 Å². The highest BCUT2D eigenvalue weighted by atomic mass is 79.9. The van der Waals surface area contributed by atoms with Gasteiger partial charge in [0, 0.05) is 6.54 Å². The molecule has 1 N–H and O–H groups in total. The Kier molecular flexibility index (Phi) is 5.73. The van der Waals surface area contributed by atoms with Crippen molar-refractivity contribution in [1.29, 1.82) is 0 Å². The minimum absolute atomic E-state index is 0.179. The van der Waals surface area contributed by atoms with E-state index in [9.17, 15) is 5.11 Å². The summed E-state index contributed by atoms with van der Waals surface area (Å²) in [5.74, 6) is 1.61. The molecule has 20 heavy (non-hydrogen) atoms. The van der Waals surface area contributed by atoms with Gasteiger partial charge >= 0.3 is 0 Å². The highest BCUT2D eigenvalue weighted by Crippen LogP contribution is 2.35. The zero-order valence-electron chi connectivity index (χ0n) is 12.4. The van der Waals surface area contributed by atoms with Gasteiger partial charge in [-0.25, -0.2) is 0 Å². The molecule has 1 heterocycles. The van der Waals surface area contributed by atoms with E-state index >= 15 is 0 Å². The van der Waals surface area contributed by atoms with Crippen molar-refractivity contribution in [2.75, 3.05) is 20.2 Å². The first-order valence-electron chi connectivity index (χ1n) is 7.41. The molecule has 4 heteroatoms. The number of halogens is 1. The average molecular weight is 342 g/mol. The van der Waals surface area contributed by atoms with Crippen LogP contribution in [0.25, 0.3) is 0 Å². The zero-order valence-corrected chi connectivity index (χ0v) is 13.9. The molecular weight excluding hydrogens is 318 g/mol. The molecule has 0 saturated carbocycles. The highest BCUT2D eigenvalue weighted by Gasteiger charge is 2.17. The second-order valence-electron chi connectivity index (χ2n) is 5.61. The summed E-state index contributed by atoms with van der Waals surface area (Å²) in [5, 5.41) is 9.85. The van der Waals surface area contributed by atoms with E-state index in [0.717, 1.165) is 19.0 Å². The summed E-state index contributed by atoms with van der Waals surface area (Å²) in [7, 11) is 1.59. The second kappa shape index (κ2) is 7.32. The quantitative estimate of drug-likeness (QED) is 0.891. The van der Waals surface area contributed by atoms with E-state index in [1.165, 1.54) is 37.8 Å². The fraction of sp³-hybridized carbons (Fsp3) is 0.625. The van der Waals surface area contributed by atoms with Gasteiger partial charge in [0.15, 0.2) is 11.5 Å². The molecule has 1 aliphatic heterocycles. The Hall–Kier alpha value is -0.740. The van der Waals surface area contributed by atoms with Crippen molar-refractivity contribution < 1.29 is 9.84 Å². The van der Waals surface area contributed by atoms with E-state index in [1.807, 2.05) is 12.1 Å². The number of rotatable bonds is 4. The molecular formula is C16H24BrNO2. The number of ether oxygens (including phenoxy) is 1. The normalized spacial score (nSPS) is 20.6. The van der Waals surface area contributed by atoms with Crippen LogP contribution in [-0.4, -0.2) is 30.2 Å². The lowest BCUT2D eigenvalue weighted by Gasteiger charge is -2.21. The lowest BCUT2D eigenvalue weighted by Crippen LogP contribution is -2.24. The zero-order chi connectivity index (χ0) is 14.5. The summed E-state index contributed by atoms with van der Waals surface area (Å²) in [5.41, 5.74) is 1.18. The molecule has 1 aromatic rings. The maximum atomic E-state index is 9.85. The van der Waals surface area contributed by atoms with E-state index in [0.29, 0.717) is 10.2 Å². The first-order chi connectivity index (χ1) is 9.63. The predicted molar refractivity (Wildman–Crippen MR) is 85.3 cm³/mol. The summed E-state index contributed by atoms with van der Waals surface area (Å²) < 4.78 is 5.92. The molecule has 0 radical (unpaired) electrons. The molecule has 1 aromatic carbocycles. The van der Waals surface area contributed by atoms with Gasteiger partial charge in [0.2, 0.25) is 0 Å². The van der Waals surface area contributed by atoms with Crippen LogP contribution in [0.5, 0.6) is 11.5 Å². The first kappa shape index (κ1) is 15.6. The Balaban J connectivity index is 2.04. The molecule has 1 fully saturated rings. The van der Waals surface area contributed by atoms with Gasteiger partial charge in [-0.1, -0.05) is 13.3 Å². The molecule has 2 rings (SSSR count). The van der Waals surface area contributed by atoms with Crippen LogP contribution in [0, 0.1) is 5.92 Å². The Labute approximate surface area is 130 Å². The molecule has 0 aromatic heterocycles. The average Bonchev–Trinajstić information content (AvgIpc) is 2.67. The highest BCUT2D eigenvalue weighted by molar-refractivity contribution is 9.10. The standard InChI is InChI=1S/C16H24BrNO2/c1-3-12-5-4-7-18(8-6-12)11-13-9-14(17)16(19)15(10-13)20-2/h9-10,12,19H,3-8,11H2,1-2H3. The van der Waals surface area contributed by atoms with Crippen molar-refractivity contribution in [2.45, 2.75) is 39.2 Å². The lowest BCUT2D eigenvalue weighted by molar-refractivity contribution is 0.271. The Bertz CT molecular complexity index is 450. The fourth-order valence-electron chi connectivity index (χ4n) is 2.92. The summed E-state index contributed by atoms with van der Waals surface area (Å²) in [6, 6.07) is 3.92. The molecule has 0 spiro atoms. The van der Waals surface area contributed by atoms with Crippen LogP contribution in [-0.2, 0) is 6.54 Å². The molecule has 1 aliphatic rings. The van der Waals surface area contributed by atoms with Crippen LogP contribution in [0.4, 0.5) is 0 Å². The second-order valence-corrected chi connectivity index (χ2v) is 6.46.